The third-order valence-corrected chi connectivity index (χ3v) is 8.38. The number of esters is 1. The zero-order valence-electron chi connectivity index (χ0n) is 20.8. The van der Waals surface area contributed by atoms with Gasteiger partial charge in [-0.25, -0.2) is 9.88 Å². The molecule has 3 aromatic carbocycles. The van der Waals surface area contributed by atoms with Crippen molar-refractivity contribution in [3.05, 3.63) is 101 Å². The van der Waals surface area contributed by atoms with Crippen LogP contribution < -0.4 is 9.61 Å². The first kappa shape index (κ1) is 26.8. The molecule has 8 heteroatoms. The molecule has 4 rings (SSSR count). The van der Waals surface area contributed by atoms with E-state index in [0.29, 0.717) is 23.2 Å². The van der Waals surface area contributed by atoms with Crippen molar-refractivity contribution >= 4 is 41.7 Å². The van der Waals surface area contributed by atoms with Crippen LogP contribution in [0.3, 0.4) is 0 Å². The predicted octanol–water partition coefficient (Wildman–Crippen LogP) is 7.24. The molecule has 192 valence electrons. The van der Waals surface area contributed by atoms with Gasteiger partial charge in [-0.3, -0.25) is 4.79 Å². The van der Waals surface area contributed by atoms with Crippen molar-refractivity contribution in [1.82, 2.24) is 5.09 Å². The summed E-state index contributed by atoms with van der Waals surface area (Å²) in [4.78, 5) is 24.9. The molecular weight excluding hydrogens is 505 g/mol. The van der Waals surface area contributed by atoms with Crippen molar-refractivity contribution < 1.29 is 24.0 Å². The summed E-state index contributed by atoms with van der Waals surface area (Å²) in [5, 5.41) is 13.7. The van der Waals surface area contributed by atoms with E-state index in [9.17, 15) is 14.7 Å². The Morgan fingerprint density at radius 3 is 2.32 bits per heavy atom. The van der Waals surface area contributed by atoms with Crippen molar-refractivity contribution in [2.75, 3.05) is 0 Å². The van der Waals surface area contributed by atoms with Gasteiger partial charge in [-0.2, -0.15) is 0 Å². The number of carbonyl (C=O) groups is 2. The maximum absolute atomic E-state index is 13.1. The van der Waals surface area contributed by atoms with Crippen LogP contribution in [0.5, 0.6) is 5.75 Å². The van der Waals surface area contributed by atoms with Gasteiger partial charge in [0.05, 0.1) is 0 Å². The molecule has 0 bridgehead atoms. The highest BCUT2D eigenvalue weighted by Gasteiger charge is 2.27. The first-order valence-electron chi connectivity index (χ1n) is 12.1. The van der Waals surface area contributed by atoms with E-state index in [1.807, 2.05) is 78.9 Å². The third-order valence-electron chi connectivity index (χ3n) is 5.59. The van der Waals surface area contributed by atoms with E-state index in [-0.39, 0.29) is 18.5 Å². The monoisotopic (exact) mass is 535 g/mol. The van der Waals surface area contributed by atoms with Crippen LogP contribution in [-0.4, -0.2) is 23.1 Å². The summed E-state index contributed by atoms with van der Waals surface area (Å²) in [6, 6.07) is 26.3. The number of hydrogen-bond acceptors (Lipinski definition) is 6. The minimum absolute atomic E-state index is 0.216. The molecule has 0 saturated heterocycles. The average Bonchev–Trinajstić information content (AvgIpc) is 3.32. The van der Waals surface area contributed by atoms with Crippen LogP contribution in [0.4, 0.5) is 0 Å². The first-order chi connectivity index (χ1) is 17.9. The Balaban J connectivity index is 1.54. The second-order valence-electron chi connectivity index (χ2n) is 9.13. The Bertz CT molecular complexity index is 1330. The molecule has 0 saturated carbocycles. The summed E-state index contributed by atoms with van der Waals surface area (Å²) in [6.07, 6.45) is 1.15. The molecule has 0 aliphatic carbocycles. The lowest BCUT2D eigenvalue weighted by molar-refractivity contribution is -0.147. The van der Waals surface area contributed by atoms with Crippen molar-refractivity contribution in [1.29, 1.82) is 0 Å². The summed E-state index contributed by atoms with van der Waals surface area (Å²) < 4.78 is 12.9. The number of para-hydroxylation sites is 1. The number of benzene rings is 3. The zero-order valence-corrected chi connectivity index (χ0v) is 22.5. The van der Waals surface area contributed by atoms with Crippen molar-refractivity contribution in [2.45, 2.75) is 39.1 Å². The van der Waals surface area contributed by atoms with E-state index >= 15 is 0 Å². The zero-order chi connectivity index (χ0) is 26.2. The highest BCUT2D eigenvalue weighted by molar-refractivity contribution is 7.50. The van der Waals surface area contributed by atoms with Crippen LogP contribution in [0.2, 0.25) is 0 Å². The second-order valence-corrected chi connectivity index (χ2v) is 11.7. The highest BCUT2D eigenvalue weighted by atomic mass is 32.1. The van der Waals surface area contributed by atoms with Gasteiger partial charge in [-0.05, 0) is 59.2 Å². The lowest BCUT2D eigenvalue weighted by atomic mass is 10.1. The highest BCUT2D eigenvalue weighted by Crippen LogP contribution is 2.40. The molecule has 2 atom stereocenters. The number of ether oxygens (including phenoxy) is 1. The summed E-state index contributed by atoms with van der Waals surface area (Å²) in [7, 11) is -1.31. The van der Waals surface area contributed by atoms with E-state index < -0.39 is 20.3 Å². The van der Waals surface area contributed by atoms with Crippen molar-refractivity contribution in [3.63, 3.8) is 0 Å². The molecule has 0 fully saturated rings. The van der Waals surface area contributed by atoms with Gasteiger partial charge in [0.2, 0.25) is 0 Å². The number of hydrogen-bond donors (Lipinski definition) is 2. The summed E-state index contributed by atoms with van der Waals surface area (Å²) in [5.41, 5.74) is 1.93. The lowest BCUT2D eigenvalue weighted by Crippen LogP contribution is -2.37. The fraction of sp³-hybridized carbons (Fsp3) is 0.241. The molecule has 6 nitrogen and oxygen atoms in total. The molecular formula is C29H30NO5PS. The second kappa shape index (κ2) is 12.8. The average molecular weight is 536 g/mol. The SMILES string of the molecule is CC(C)CC(NP(Cc1ccc2sc(C(=O)O)cc2c1)Oc1ccccc1)C(=O)OCc1ccccc1. The largest absolute Gasteiger partial charge is 0.477 e. The number of carboxylic acid groups (broad SMARTS) is 1. The van der Waals surface area contributed by atoms with Gasteiger partial charge >= 0.3 is 11.9 Å². The minimum atomic E-state index is -1.31. The van der Waals surface area contributed by atoms with E-state index in [4.69, 9.17) is 9.26 Å². The molecule has 4 aromatic rings. The van der Waals surface area contributed by atoms with Crippen molar-refractivity contribution in [2.24, 2.45) is 5.92 Å². The smallest absolute Gasteiger partial charge is 0.345 e. The van der Waals surface area contributed by atoms with Gasteiger partial charge in [0.25, 0.3) is 0 Å². The number of aromatic carboxylic acids is 1. The summed E-state index contributed by atoms with van der Waals surface area (Å²) in [6.45, 7) is 4.36. The number of thiophene rings is 1. The van der Waals surface area contributed by atoms with Crippen LogP contribution >= 0.6 is 19.6 Å². The summed E-state index contributed by atoms with van der Waals surface area (Å²) in [5.74, 6) is -0.246. The standard InChI is InChI=1S/C29H30NO5PS/c1-20(2)15-25(29(33)34-18-21-9-5-3-6-10-21)30-36(35-24-11-7-4-8-12-24)19-22-13-14-26-23(16-22)17-27(37-26)28(31)32/h3-14,16-17,20,25,30H,15,18-19H2,1-2H3,(H,31,32). The van der Waals surface area contributed by atoms with E-state index in [1.165, 1.54) is 11.3 Å². The quantitative estimate of drug-likeness (QED) is 0.147. The molecule has 2 unspecified atom stereocenters. The minimum Gasteiger partial charge on any atom is -0.477 e. The Hall–Kier alpha value is -3.25. The Morgan fingerprint density at radius 1 is 0.946 bits per heavy atom. The normalized spacial score (nSPS) is 12.8. The van der Waals surface area contributed by atoms with Crippen LogP contribution in [0, 0.1) is 5.92 Å². The molecule has 0 aliphatic rings. The topological polar surface area (TPSA) is 84.9 Å². The molecule has 1 aromatic heterocycles. The number of carbonyl (C=O) groups excluding carboxylic acids is 1. The Morgan fingerprint density at radius 2 is 1.65 bits per heavy atom. The van der Waals surface area contributed by atoms with Crippen molar-refractivity contribution in [3.8, 4) is 5.75 Å². The van der Waals surface area contributed by atoms with E-state index in [0.717, 1.165) is 21.2 Å². The number of nitrogens with one attached hydrogen (secondary N) is 1. The van der Waals surface area contributed by atoms with Gasteiger partial charge < -0.3 is 14.4 Å². The van der Waals surface area contributed by atoms with E-state index in [1.54, 1.807) is 6.07 Å². The molecule has 1 heterocycles. The molecule has 0 amide bonds. The van der Waals surface area contributed by atoms with Gasteiger partial charge in [0.15, 0.2) is 8.30 Å². The number of rotatable bonds is 12. The van der Waals surface area contributed by atoms with Gasteiger partial charge in [-0.1, -0.05) is 68.4 Å². The van der Waals surface area contributed by atoms with E-state index in [2.05, 4.69) is 18.9 Å². The van der Waals surface area contributed by atoms with Gasteiger partial charge in [-0.15, -0.1) is 11.3 Å². The van der Waals surface area contributed by atoms with Crippen LogP contribution in [0.1, 0.15) is 41.1 Å². The van der Waals surface area contributed by atoms with Crippen LogP contribution in [0.15, 0.2) is 84.9 Å². The number of fused-ring (bicyclic) bond motifs is 1. The van der Waals surface area contributed by atoms with Gasteiger partial charge in [0, 0.05) is 10.9 Å². The molecule has 2 N–H and O–H groups in total. The number of carboxylic acids is 1. The molecule has 37 heavy (non-hydrogen) atoms. The molecule has 0 aliphatic heterocycles. The molecule has 0 radical (unpaired) electrons. The Kier molecular flexibility index (Phi) is 9.29. The van der Waals surface area contributed by atoms with Gasteiger partial charge in [0.1, 0.15) is 23.3 Å². The maximum Gasteiger partial charge on any atom is 0.345 e. The predicted molar refractivity (Wildman–Crippen MR) is 149 cm³/mol. The fourth-order valence-corrected chi connectivity index (χ4v) is 6.40. The lowest BCUT2D eigenvalue weighted by Gasteiger charge is -2.26. The molecule has 0 spiro atoms. The first-order valence-corrected chi connectivity index (χ1v) is 14.4. The third kappa shape index (κ3) is 7.86. The fourth-order valence-electron chi connectivity index (χ4n) is 3.85. The van der Waals surface area contributed by atoms with Crippen LogP contribution in [-0.2, 0) is 22.3 Å². The summed E-state index contributed by atoms with van der Waals surface area (Å²) >= 11 is 1.26. The maximum atomic E-state index is 13.1. The van der Waals surface area contributed by atoms with Crippen LogP contribution in [0.25, 0.3) is 10.1 Å². The Labute approximate surface area is 222 Å².